The molecule has 1 aromatic rings. The van der Waals surface area contributed by atoms with Gasteiger partial charge in [0.25, 0.3) is 0 Å². The molecule has 1 aliphatic heterocycles. The molecule has 1 aromatic carbocycles. The number of nitrogens with zero attached hydrogens (tertiary/aromatic N) is 2. The Hall–Kier alpha value is -1.52. The highest BCUT2D eigenvalue weighted by Gasteiger charge is 2.42. The largest absolute Gasteiger partial charge is 0.379 e. The molecule has 1 unspecified atom stereocenters. The number of benzene rings is 1. The molecule has 1 aliphatic rings. The van der Waals surface area contributed by atoms with Crippen molar-refractivity contribution in [2.45, 2.75) is 38.2 Å². The fourth-order valence-corrected chi connectivity index (χ4v) is 3.45. The Kier molecular flexibility index (Phi) is 6.17. The Balaban J connectivity index is 2.20. The van der Waals surface area contributed by atoms with Gasteiger partial charge >= 0.3 is 16.1 Å². The lowest BCUT2D eigenvalue weighted by atomic mass is 10.2. The molecule has 25 heavy (non-hydrogen) atoms. The van der Waals surface area contributed by atoms with Crippen LogP contribution >= 0.6 is 0 Å². The van der Waals surface area contributed by atoms with Gasteiger partial charge in [-0.3, -0.25) is 4.55 Å². The standard InChI is InChI=1S/C16H26N4O4S/c1-12(2)24-10-4-7-18-16-19-8-9-20(16,17)14-11-13(3)5-6-15(14)25(21,22)23/h5-6,11-12H,4,7-10,17H2,1-3H3,(H-,18,19,21,22,23)/p+1. The van der Waals surface area contributed by atoms with E-state index in [4.69, 9.17) is 10.6 Å². The van der Waals surface area contributed by atoms with E-state index in [-0.39, 0.29) is 15.6 Å². The second-order valence-electron chi connectivity index (χ2n) is 6.44. The molecule has 4 N–H and O–H groups in total. The molecule has 140 valence electrons. The Morgan fingerprint density at radius 3 is 2.80 bits per heavy atom. The Bertz CT molecular complexity index is 749. The number of nitrogens with one attached hydrogen (secondary N) is 1. The molecule has 0 saturated heterocycles. The SMILES string of the molecule is Cc1ccc(S(=O)(=O)O)c([N+]2(N)CCN=C2NCCCOC(C)C)c1. The van der Waals surface area contributed by atoms with Gasteiger partial charge in [-0.25, -0.2) is 4.99 Å². The van der Waals surface area contributed by atoms with E-state index in [9.17, 15) is 13.0 Å². The number of nitrogens with two attached hydrogens (primary N) is 1. The van der Waals surface area contributed by atoms with Crippen molar-refractivity contribution in [3.05, 3.63) is 23.8 Å². The maximum atomic E-state index is 11.7. The number of ether oxygens (including phenoxy) is 1. The van der Waals surface area contributed by atoms with Crippen LogP contribution in [-0.4, -0.2) is 51.3 Å². The lowest BCUT2D eigenvalue weighted by molar-refractivity contribution is 0.0776. The fourth-order valence-electron chi connectivity index (χ4n) is 2.73. The van der Waals surface area contributed by atoms with Crippen LogP contribution in [-0.2, 0) is 14.9 Å². The van der Waals surface area contributed by atoms with Crippen LogP contribution in [0.3, 0.4) is 0 Å². The van der Waals surface area contributed by atoms with Crippen LogP contribution in [0.1, 0.15) is 25.8 Å². The lowest BCUT2D eigenvalue weighted by Gasteiger charge is -2.29. The van der Waals surface area contributed by atoms with Gasteiger partial charge in [0.15, 0.2) is 10.6 Å². The topological polar surface area (TPSA) is 114 Å². The van der Waals surface area contributed by atoms with Crippen molar-refractivity contribution in [2.75, 3.05) is 26.2 Å². The van der Waals surface area contributed by atoms with Crippen LogP contribution in [0.25, 0.3) is 0 Å². The van der Waals surface area contributed by atoms with E-state index in [1.807, 2.05) is 20.8 Å². The number of guanidine groups is 1. The lowest BCUT2D eigenvalue weighted by Crippen LogP contribution is -2.63. The summed E-state index contributed by atoms with van der Waals surface area (Å²) in [6.07, 6.45) is 0.953. The van der Waals surface area contributed by atoms with Gasteiger partial charge in [-0.05, 0) is 38.8 Å². The minimum atomic E-state index is -4.39. The molecule has 0 bridgehead atoms. The van der Waals surface area contributed by atoms with Crippen molar-refractivity contribution in [3.63, 3.8) is 0 Å². The maximum Gasteiger partial charge on any atom is 0.322 e. The maximum absolute atomic E-state index is 11.7. The number of quaternary nitrogens is 1. The number of rotatable bonds is 7. The first-order chi connectivity index (χ1) is 11.6. The van der Waals surface area contributed by atoms with Gasteiger partial charge in [0.05, 0.1) is 12.6 Å². The number of aryl methyl sites for hydroxylation is 1. The summed E-state index contributed by atoms with van der Waals surface area (Å²) < 4.78 is 38.3. The van der Waals surface area contributed by atoms with E-state index in [1.165, 1.54) is 6.07 Å². The Morgan fingerprint density at radius 1 is 1.44 bits per heavy atom. The van der Waals surface area contributed by atoms with E-state index in [0.717, 1.165) is 12.0 Å². The van der Waals surface area contributed by atoms with Gasteiger partial charge in [0.2, 0.25) is 0 Å². The number of aliphatic imine (C=N–C) groups is 1. The van der Waals surface area contributed by atoms with E-state index in [2.05, 4.69) is 10.3 Å². The molecule has 0 radical (unpaired) electrons. The zero-order valence-electron chi connectivity index (χ0n) is 14.9. The first kappa shape index (κ1) is 19.8. The first-order valence-electron chi connectivity index (χ1n) is 8.30. The average molecular weight is 371 g/mol. The molecule has 0 fully saturated rings. The molecule has 1 atom stereocenters. The normalized spacial score (nSPS) is 20.8. The molecule has 0 amide bonds. The highest BCUT2D eigenvalue weighted by atomic mass is 32.2. The third kappa shape index (κ3) is 4.77. The summed E-state index contributed by atoms with van der Waals surface area (Å²) in [7, 11) is -4.39. The van der Waals surface area contributed by atoms with Crippen molar-refractivity contribution in [3.8, 4) is 0 Å². The zero-order valence-corrected chi connectivity index (χ0v) is 15.7. The smallest absolute Gasteiger partial charge is 0.322 e. The predicted octanol–water partition coefficient (Wildman–Crippen LogP) is 1.20. The van der Waals surface area contributed by atoms with Crippen LogP contribution in [0.15, 0.2) is 28.1 Å². The average Bonchev–Trinajstić information content (AvgIpc) is 2.87. The monoisotopic (exact) mass is 371 g/mol. The van der Waals surface area contributed by atoms with Crippen molar-refractivity contribution in [1.29, 1.82) is 0 Å². The van der Waals surface area contributed by atoms with Crippen molar-refractivity contribution < 1.29 is 17.7 Å². The summed E-state index contributed by atoms with van der Waals surface area (Å²) >= 11 is 0. The minimum Gasteiger partial charge on any atom is -0.379 e. The van der Waals surface area contributed by atoms with Gasteiger partial charge in [-0.15, -0.1) is 0 Å². The van der Waals surface area contributed by atoms with E-state index >= 15 is 0 Å². The third-order valence-corrected chi connectivity index (χ3v) is 4.87. The summed E-state index contributed by atoms with van der Waals surface area (Å²) in [4.78, 5) is 4.19. The molecule has 0 aliphatic carbocycles. The van der Waals surface area contributed by atoms with Crippen LogP contribution in [0, 0.1) is 6.92 Å². The zero-order chi connectivity index (χ0) is 18.7. The summed E-state index contributed by atoms with van der Waals surface area (Å²) in [5, 5.41) is 3.18. The van der Waals surface area contributed by atoms with Crippen LogP contribution in [0.5, 0.6) is 0 Å². The second-order valence-corrected chi connectivity index (χ2v) is 7.83. The second kappa shape index (κ2) is 7.79. The van der Waals surface area contributed by atoms with E-state index in [0.29, 0.717) is 37.9 Å². The van der Waals surface area contributed by atoms with Crippen LogP contribution < -0.4 is 15.8 Å². The molecule has 0 aromatic heterocycles. The molecular formula is C16H27N4O4S+. The minimum absolute atomic E-state index is 0.179. The molecule has 2 rings (SSSR count). The van der Waals surface area contributed by atoms with Crippen LogP contribution in [0.2, 0.25) is 0 Å². The quantitative estimate of drug-likeness (QED) is 0.287. The summed E-state index contributed by atoms with van der Waals surface area (Å²) in [5.41, 5.74) is 1.16. The molecule has 0 spiro atoms. The van der Waals surface area contributed by atoms with Crippen molar-refractivity contribution >= 4 is 21.8 Å². The fraction of sp³-hybridized carbons (Fsp3) is 0.562. The van der Waals surface area contributed by atoms with E-state index in [1.54, 1.807) is 12.1 Å². The van der Waals surface area contributed by atoms with Gasteiger partial charge in [0.1, 0.15) is 6.54 Å². The van der Waals surface area contributed by atoms with Crippen LogP contribution in [0.4, 0.5) is 5.69 Å². The van der Waals surface area contributed by atoms with Gasteiger partial charge < -0.3 is 10.1 Å². The van der Waals surface area contributed by atoms with Crippen molar-refractivity contribution in [1.82, 2.24) is 9.91 Å². The predicted molar refractivity (Wildman–Crippen MR) is 97.9 cm³/mol. The van der Waals surface area contributed by atoms with Gasteiger partial charge in [-0.1, -0.05) is 6.07 Å². The molecule has 8 nitrogen and oxygen atoms in total. The Labute approximate surface area is 149 Å². The Morgan fingerprint density at radius 2 is 2.16 bits per heavy atom. The summed E-state index contributed by atoms with van der Waals surface area (Å²) in [6.45, 7) is 7.90. The van der Waals surface area contributed by atoms with Gasteiger partial charge in [-0.2, -0.15) is 18.9 Å². The molecular weight excluding hydrogens is 344 g/mol. The van der Waals surface area contributed by atoms with Crippen molar-refractivity contribution in [2.24, 2.45) is 10.8 Å². The first-order valence-corrected chi connectivity index (χ1v) is 9.74. The summed E-state index contributed by atoms with van der Waals surface area (Å²) in [5.74, 6) is 6.98. The molecule has 9 heteroatoms. The highest BCUT2D eigenvalue weighted by Crippen LogP contribution is 2.31. The molecule has 1 heterocycles. The van der Waals surface area contributed by atoms with Gasteiger partial charge in [0, 0.05) is 19.2 Å². The third-order valence-electron chi connectivity index (χ3n) is 3.97. The number of hydrogen-bond donors (Lipinski definition) is 3. The van der Waals surface area contributed by atoms with E-state index < -0.39 is 10.1 Å². The summed E-state index contributed by atoms with van der Waals surface area (Å²) in [6, 6.07) is 4.68. The molecule has 0 saturated carbocycles. The number of hydrogen-bond acceptors (Lipinski definition) is 6. The highest BCUT2D eigenvalue weighted by molar-refractivity contribution is 7.86.